The van der Waals surface area contributed by atoms with Crippen molar-refractivity contribution in [2.45, 2.75) is 0 Å². The second-order valence-corrected chi connectivity index (χ2v) is 4.59. The highest BCUT2D eigenvalue weighted by Crippen LogP contribution is 2.21. The number of para-hydroxylation sites is 1. The number of carbonyl (C=O) groups is 1. The molecule has 0 saturated heterocycles. The first kappa shape index (κ1) is 15.5. The molecule has 2 aromatic rings. The highest BCUT2D eigenvalue weighted by Gasteiger charge is 2.10. The Hall–Kier alpha value is -2.93. The van der Waals surface area contributed by atoms with Crippen molar-refractivity contribution in [2.24, 2.45) is 5.10 Å². The summed E-state index contributed by atoms with van der Waals surface area (Å²) in [6.45, 7) is 0. The summed E-state index contributed by atoms with van der Waals surface area (Å²) in [6, 6.07) is 10.4. The smallest absolute Gasteiger partial charge is 0.337 e. The largest absolute Gasteiger partial charge is 0.478 e. The molecule has 22 heavy (non-hydrogen) atoms. The summed E-state index contributed by atoms with van der Waals surface area (Å²) in [5.74, 6) is -1.16. The number of halogens is 1. The molecular formula is C14H10ClN3O4. The summed E-state index contributed by atoms with van der Waals surface area (Å²) >= 11 is 5.75. The third-order valence-corrected chi connectivity index (χ3v) is 3.06. The molecule has 0 amide bonds. The lowest BCUT2D eigenvalue weighted by atomic mass is 10.2. The Kier molecular flexibility index (Phi) is 4.70. The fourth-order valence-electron chi connectivity index (χ4n) is 1.70. The molecule has 2 rings (SSSR count). The van der Waals surface area contributed by atoms with E-state index in [4.69, 9.17) is 16.7 Å². The van der Waals surface area contributed by atoms with Crippen LogP contribution >= 0.6 is 11.6 Å². The lowest BCUT2D eigenvalue weighted by molar-refractivity contribution is -0.385. The van der Waals surface area contributed by atoms with Gasteiger partial charge >= 0.3 is 5.97 Å². The normalized spacial score (nSPS) is 10.6. The number of nitro groups is 1. The van der Waals surface area contributed by atoms with Crippen LogP contribution in [0.15, 0.2) is 47.6 Å². The van der Waals surface area contributed by atoms with Gasteiger partial charge in [-0.15, -0.1) is 0 Å². The van der Waals surface area contributed by atoms with Gasteiger partial charge in [0.05, 0.1) is 33.0 Å². The van der Waals surface area contributed by atoms with Crippen LogP contribution in [0.3, 0.4) is 0 Å². The van der Waals surface area contributed by atoms with Crippen LogP contribution in [0.2, 0.25) is 5.02 Å². The molecule has 7 nitrogen and oxygen atoms in total. The first-order valence-corrected chi connectivity index (χ1v) is 6.42. The number of hydrogen-bond acceptors (Lipinski definition) is 5. The number of anilines is 1. The number of benzene rings is 2. The summed E-state index contributed by atoms with van der Waals surface area (Å²) in [7, 11) is 0. The third-order valence-electron chi connectivity index (χ3n) is 2.73. The molecule has 0 radical (unpaired) electrons. The first-order valence-electron chi connectivity index (χ1n) is 6.04. The average Bonchev–Trinajstić information content (AvgIpc) is 2.49. The van der Waals surface area contributed by atoms with E-state index in [-0.39, 0.29) is 16.3 Å². The van der Waals surface area contributed by atoms with Gasteiger partial charge in [0.25, 0.3) is 5.69 Å². The molecule has 0 atom stereocenters. The van der Waals surface area contributed by atoms with E-state index in [1.54, 1.807) is 24.3 Å². The zero-order valence-electron chi connectivity index (χ0n) is 11.1. The van der Waals surface area contributed by atoms with Crippen LogP contribution in [-0.4, -0.2) is 22.2 Å². The molecule has 0 aromatic heterocycles. The molecule has 0 saturated carbocycles. The molecule has 0 unspecified atom stereocenters. The van der Waals surface area contributed by atoms with Crippen LogP contribution in [0.25, 0.3) is 0 Å². The number of nitrogens with one attached hydrogen (secondary N) is 1. The van der Waals surface area contributed by atoms with Crippen LogP contribution in [0.4, 0.5) is 11.4 Å². The lowest BCUT2D eigenvalue weighted by Crippen LogP contribution is -2.00. The van der Waals surface area contributed by atoms with Gasteiger partial charge in [0.15, 0.2) is 0 Å². The number of aromatic carboxylic acids is 1. The van der Waals surface area contributed by atoms with Crippen molar-refractivity contribution in [1.29, 1.82) is 0 Å². The Labute approximate surface area is 130 Å². The summed E-state index contributed by atoms with van der Waals surface area (Å²) < 4.78 is 0. The van der Waals surface area contributed by atoms with Gasteiger partial charge in [-0.25, -0.2) is 4.79 Å². The zero-order chi connectivity index (χ0) is 16.1. The molecule has 2 aromatic carbocycles. The van der Waals surface area contributed by atoms with E-state index in [0.29, 0.717) is 11.3 Å². The Balaban J connectivity index is 2.18. The zero-order valence-corrected chi connectivity index (χ0v) is 11.8. The standard InChI is InChI=1S/C14H10ClN3O4/c15-12-6-5-10(7-11(12)14(19)20)17-16-8-9-3-1-2-4-13(9)18(21)22/h1-8,17H,(H,19,20)/b16-8+. The Morgan fingerprint density at radius 3 is 2.73 bits per heavy atom. The van der Waals surface area contributed by atoms with Crippen molar-refractivity contribution >= 4 is 35.2 Å². The van der Waals surface area contributed by atoms with Crippen LogP contribution in [-0.2, 0) is 0 Å². The lowest BCUT2D eigenvalue weighted by Gasteiger charge is -2.03. The molecule has 0 spiro atoms. The number of hydrogen-bond donors (Lipinski definition) is 2. The van der Waals surface area contributed by atoms with E-state index >= 15 is 0 Å². The highest BCUT2D eigenvalue weighted by molar-refractivity contribution is 6.33. The maximum Gasteiger partial charge on any atom is 0.337 e. The predicted octanol–water partition coefficient (Wildman–Crippen LogP) is 3.39. The van der Waals surface area contributed by atoms with Crippen molar-refractivity contribution in [3.63, 3.8) is 0 Å². The topological polar surface area (TPSA) is 105 Å². The summed E-state index contributed by atoms with van der Waals surface area (Å²) in [4.78, 5) is 21.3. The second kappa shape index (κ2) is 6.68. The van der Waals surface area contributed by atoms with Crippen molar-refractivity contribution in [3.05, 3.63) is 68.7 Å². The molecule has 0 aliphatic carbocycles. The number of carboxylic acid groups (broad SMARTS) is 1. The molecule has 0 bridgehead atoms. The van der Waals surface area contributed by atoms with Gasteiger partial charge in [-0.1, -0.05) is 23.7 Å². The second-order valence-electron chi connectivity index (χ2n) is 4.19. The summed E-state index contributed by atoms with van der Waals surface area (Å²) in [6.07, 6.45) is 1.28. The first-order chi connectivity index (χ1) is 10.5. The van der Waals surface area contributed by atoms with Crippen LogP contribution in [0, 0.1) is 10.1 Å². The van der Waals surface area contributed by atoms with Gasteiger partial charge in [0, 0.05) is 6.07 Å². The van der Waals surface area contributed by atoms with E-state index < -0.39 is 10.9 Å². The van der Waals surface area contributed by atoms with Crippen LogP contribution < -0.4 is 5.43 Å². The Morgan fingerprint density at radius 2 is 2.05 bits per heavy atom. The van der Waals surface area contributed by atoms with Crippen molar-refractivity contribution < 1.29 is 14.8 Å². The minimum absolute atomic E-state index is 0.0624. The highest BCUT2D eigenvalue weighted by atomic mass is 35.5. The van der Waals surface area contributed by atoms with E-state index in [1.165, 1.54) is 24.4 Å². The van der Waals surface area contributed by atoms with Gasteiger partial charge in [-0.2, -0.15) is 5.10 Å². The van der Waals surface area contributed by atoms with Crippen LogP contribution in [0.1, 0.15) is 15.9 Å². The average molecular weight is 320 g/mol. The van der Waals surface area contributed by atoms with Gasteiger partial charge < -0.3 is 5.11 Å². The fraction of sp³-hybridized carbons (Fsp3) is 0. The maximum absolute atomic E-state index is 11.0. The molecule has 0 aliphatic rings. The molecule has 0 aliphatic heterocycles. The predicted molar refractivity (Wildman–Crippen MR) is 82.7 cm³/mol. The molecule has 8 heteroatoms. The van der Waals surface area contributed by atoms with Crippen molar-refractivity contribution in [3.8, 4) is 0 Å². The third kappa shape index (κ3) is 3.58. The number of nitro benzene ring substituents is 1. The molecule has 112 valence electrons. The molecule has 0 heterocycles. The molecule has 0 fully saturated rings. The van der Waals surface area contributed by atoms with Gasteiger partial charge in [-0.3, -0.25) is 15.5 Å². The van der Waals surface area contributed by atoms with E-state index in [0.717, 1.165) is 0 Å². The minimum Gasteiger partial charge on any atom is -0.478 e. The quantitative estimate of drug-likeness (QED) is 0.499. The van der Waals surface area contributed by atoms with Gasteiger partial charge in [-0.05, 0) is 24.3 Å². The van der Waals surface area contributed by atoms with Crippen molar-refractivity contribution in [2.75, 3.05) is 5.43 Å². The Morgan fingerprint density at radius 1 is 1.32 bits per heavy atom. The number of hydrazone groups is 1. The Bertz CT molecular complexity index is 762. The van der Waals surface area contributed by atoms with Crippen molar-refractivity contribution in [1.82, 2.24) is 0 Å². The van der Waals surface area contributed by atoms with Gasteiger partial charge in [0.1, 0.15) is 0 Å². The number of nitrogens with zero attached hydrogens (tertiary/aromatic N) is 2. The van der Waals surface area contributed by atoms with Gasteiger partial charge in [0.2, 0.25) is 0 Å². The number of rotatable bonds is 5. The summed E-state index contributed by atoms with van der Waals surface area (Å²) in [5.41, 5.74) is 3.20. The fourth-order valence-corrected chi connectivity index (χ4v) is 1.90. The monoisotopic (exact) mass is 319 g/mol. The molecular weight excluding hydrogens is 310 g/mol. The SMILES string of the molecule is O=C(O)c1cc(N/N=C/c2ccccc2[N+](=O)[O-])ccc1Cl. The minimum atomic E-state index is -1.16. The van der Waals surface area contributed by atoms with E-state index in [9.17, 15) is 14.9 Å². The molecule has 2 N–H and O–H groups in total. The van der Waals surface area contributed by atoms with E-state index in [2.05, 4.69) is 10.5 Å². The van der Waals surface area contributed by atoms with Crippen LogP contribution in [0.5, 0.6) is 0 Å². The number of carboxylic acids is 1. The van der Waals surface area contributed by atoms with E-state index in [1.807, 2.05) is 0 Å². The summed E-state index contributed by atoms with van der Waals surface area (Å²) in [5, 5.41) is 23.8. The maximum atomic E-state index is 11.0.